The fraction of sp³-hybridized carbons (Fsp3) is 0.810. The van der Waals surface area contributed by atoms with Crippen LogP contribution in [-0.2, 0) is 16.1 Å². The molecule has 4 rings (SSSR count). The van der Waals surface area contributed by atoms with Crippen molar-refractivity contribution >= 4 is 11.8 Å². The summed E-state index contributed by atoms with van der Waals surface area (Å²) in [4.78, 5) is 27.6. The Bertz CT molecular complexity index is 676. The largest absolute Gasteiger partial charge is 0.347 e. The van der Waals surface area contributed by atoms with E-state index in [1.807, 2.05) is 4.90 Å². The topological polar surface area (TPSA) is 80.1 Å². The molecule has 3 aliphatic rings. The SMILES string of the molecule is O=C(NCc1nncn1C1CCCCC1)[C@H]1CCCN1C(=O)C1CCCCC1. The summed E-state index contributed by atoms with van der Waals surface area (Å²) < 4.78 is 2.14. The smallest absolute Gasteiger partial charge is 0.243 e. The maximum atomic E-state index is 12.9. The molecule has 2 saturated carbocycles. The molecule has 0 spiro atoms. The molecular weight excluding hydrogens is 354 g/mol. The normalized spacial score (nSPS) is 24.4. The van der Waals surface area contributed by atoms with Crippen LogP contribution in [0, 0.1) is 5.92 Å². The summed E-state index contributed by atoms with van der Waals surface area (Å²) >= 11 is 0. The lowest BCUT2D eigenvalue weighted by Crippen LogP contribution is -2.48. The van der Waals surface area contributed by atoms with Crippen LogP contribution in [0.15, 0.2) is 6.33 Å². The average Bonchev–Trinajstić information content (AvgIpc) is 3.42. The molecule has 154 valence electrons. The Morgan fingerprint density at radius 2 is 1.68 bits per heavy atom. The molecular formula is C21H33N5O2. The predicted octanol–water partition coefficient (Wildman–Crippen LogP) is 2.97. The summed E-state index contributed by atoms with van der Waals surface area (Å²) in [5.41, 5.74) is 0. The molecule has 1 aromatic heterocycles. The van der Waals surface area contributed by atoms with Gasteiger partial charge < -0.3 is 14.8 Å². The van der Waals surface area contributed by atoms with Crippen LogP contribution in [0.25, 0.3) is 0 Å². The molecule has 3 fully saturated rings. The molecule has 7 nitrogen and oxygen atoms in total. The number of amides is 2. The van der Waals surface area contributed by atoms with Crippen molar-refractivity contribution in [2.75, 3.05) is 6.54 Å². The molecule has 1 atom stereocenters. The Labute approximate surface area is 167 Å². The molecule has 1 N–H and O–H groups in total. The lowest BCUT2D eigenvalue weighted by atomic mass is 9.88. The number of aromatic nitrogens is 3. The van der Waals surface area contributed by atoms with Crippen LogP contribution >= 0.6 is 0 Å². The van der Waals surface area contributed by atoms with Gasteiger partial charge in [-0.1, -0.05) is 38.5 Å². The summed E-state index contributed by atoms with van der Waals surface area (Å²) in [6.45, 7) is 1.10. The first-order valence-electron chi connectivity index (χ1n) is 11.2. The number of hydrogen-bond donors (Lipinski definition) is 1. The van der Waals surface area contributed by atoms with Crippen molar-refractivity contribution in [3.63, 3.8) is 0 Å². The molecule has 0 radical (unpaired) electrons. The fourth-order valence-electron chi connectivity index (χ4n) is 5.23. The van der Waals surface area contributed by atoms with Gasteiger partial charge in [0.15, 0.2) is 5.82 Å². The van der Waals surface area contributed by atoms with E-state index in [0.29, 0.717) is 19.1 Å². The Morgan fingerprint density at radius 1 is 0.964 bits per heavy atom. The number of likely N-dealkylation sites (tertiary alicyclic amines) is 1. The highest BCUT2D eigenvalue weighted by atomic mass is 16.2. The van der Waals surface area contributed by atoms with Gasteiger partial charge in [0.05, 0.1) is 6.54 Å². The summed E-state index contributed by atoms with van der Waals surface area (Å²) in [6.07, 6.45) is 15.0. The van der Waals surface area contributed by atoms with E-state index in [4.69, 9.17) is 0 Å². The van der Waals surface area contributed by atoms with Gasteiger partial charge in [-0.2, -0.15) is 0 Å². The molecule has 2 heterocycles. The molecule has 1 aromatic rings. The number of hydrogen-bond acceptors (Lipinski definition) is 4. The maximum Gasteiger partial charge on any atom is 0.243 e. The zero-order valence-corrected chi connectivity index (χ0v) is 16.8. The average molecular weight is 388 g/mol. The van der Waals surface area contributed by atoms with Gasteiger partial charge in [0.1, 0.15) is 12.4 Å². The van der Waals surface area contributed by atoms with Crippen molar-refractivity contribution in [3.8, 4) is 0 Å². The van der Waals surface area contributed by atoms with Gasteiger partial charge in [-0.3, -0.25) is 9.59 Å². The Kier molecular flexibility index (Phi) is 6.27. The molecule has 28 heavy (non-hydrogen) atoms. The van der Waals surface area contributed by atoms with Gasteiger partial charge in [-0.05, 0) is 38.5 Å². The van der Waals surface area contributed by atoms with Crippen molar-refractivity contribution < 1.29 is 9.59 Å². The third-order valence-electron chi connectivity index (χ3n) is 6.83. The number of nitrogens with zero attached hydrogens (tertiary/aromatic N) is 4. The second-order valence-electron chi connectivity index (χ2n) is 8.69. The Morgan fingerprint density at radius 3 is 2.43 bits per heavy atom. The minimum absolute atomic E-state index is 0.0418. The number of rotatable bonds is 5. The zero-order valence-electron chi connectivity index (χ0n) is 16.8. The highest BCUT2D eigenvalue weighted by molar-refractivity contribution is 5.89. The van der Waals surface area contributed by atoms with E-state index < -0.39 is 0 Å². The highest BCUT2D eigenvalue weighted by Crippen LogP contribution is 2.30. The Hall–Kier alpha value is -1.92. The molecule has 0 unspecified atom stereocenters. The second-order valence-corrected chi connectivity index (χ2v) is 8.69. The van der Waals surface area contributed by atoms with Crippen LogP contribution in [0.4, 0.5) is 0 Å². The van der Waals surface area contributed by atoms with Gasteiger partial charge in [-0.15, -0.1) is 10.2 Å². The van der Waals surface area contributed by atoms with E-state index in [1.54, 1.807) is 6.33 Å². The highest BCUT2D eigenvalue weighted by Gasteiger charge is 2.37. The van der Waals surface area contributed by atoms with E-state index >= 15 is 0 Å². The zero-order chi connectivity index (χ0) is 19.3. The third kappa shape index (κ3) is 4.23. The van der Waals surface area contributed by atoms with Gasteiger partial charge in [-0.25, -0.2) is 0 Å². The molecule has 2 aliphatic carbocycles. The van der Waals surface area contributed by atoms with Crippen LogP contribution < -0.4 is 5.32 Å². The number of carbonyl (C=O) groups is 2. The summed E-state index contributed by atoms with van der Waals surface area (Å²) in [7, 11) is 0. The van der Waals surface area contributed by atoms with Gasteiger partial charge in [0.25, 0.3) is 0 Å². The lowest BCUT2D eigenvalue weighted by molar-refractivity contribution is -0.142. The molecule has 1 saturated heterocycles. The predicted molar refractivity (Wildman–Crippen MR) is 105 cm³/mol. The minimum atomic E-state index is -0.319. The maximum absolute atomic E-state index is 12.9. The standard InChI is InChI=1S/C21H33N5O2/c27-20(18-12-7-13-25(18)21(28)16-8-3-1-4-9-16)22-14-19-24-23-15-26(19)17-10-5-2-6-11-17/h15-18H,1-14H2,(H,22,27)/t18-/m1/s1. The van der Waals surface area contributed by atoms with Crippen molar-refractivity contribution in [2.24, 2.45) is 5.92 Å². The van der Waals surface area contributed by atoms with Gasteiger partial charge in [0, 0.05) is 18.5 Å². The molecule has 2 amide bonds. The molecule has 7 heteroatoms. The first-order valence-corrected chi connectivity index (χ1v) is 11.2. The van der Waals surface area contributed by atoms with E-state index in [-0.39, 0.29) is 23.8 Å². The van der Waals surface area contributed by atoms with Crippen LogP contribution in [0.1, 0.15) is 88.9 Å². The summed E-state index contributed by atoms with van der Waals surface area (Å²) in [5, 5.41) is 11.3. The number of nitrogens with one attached hydrogen (secondary N) is 1. The van der Waals surface area contributed by atoms with E-state index in [9.17, 15) is 9.59 Å². The second kappa shape index (κ2) is 9.05. The van der Waals surface area contributed by atoms with Crippen molar-refractivity contribution in [2.45, 2.75) is 95.7 Å². The number of carbonyl (C=O) groups excluding carboxylic acids is 2. The fourth-order valence-corrected chi connectivity index (χ4v) is 5.23. The van der Waals surface area contributed by atoms with E-state index in [0.717, 1.165) is 57.2 Å². The minimum Gasteiger partial charge on any atom is -0.347 e. The van der Waals surface area contributed by atoms with Crippen LogP contribution in [0.2, 0.25) is 0 Å². The van der Waals surface area contributed by atoms with Gasteiger partial charge in [0.2, 0.25) is 11.8 Å². The molecule has 0 aromatic carbocycles. The molecule has 0 bridgehead atoms. The lowest BCUT2D eigenvalue weighted by Gasteiger charge is -2.30. The summed E-state index contributed by atoms with van der Waals surface area (Å²) in [5.74, 6) is 1.10. The van der Waals surface area contributed by atoms with Gasteiger partial charge >= 0.3 is 0 Å². The Balaban J connectivity index is 1.34. The van der Waals surface area contributed by atoms with E-state index in [2.05, 4.69) is 20.1 Å². The van der Waals surface area contributed by atoms with Crippen LogP contribution in [0.5, 0.6) is 0 Å². The van der Waals surface area contributed by atoms with E-state index in [1.165, 1.54) is 25.7 Å². The quantitative estimate of drug-likeness (QED) is 0.842. The van der Waals surface area contributed by atoms with Crippen LogP contribution in [0.3, 0.4) is 0 Å². The first-order chi connectivity index (χ1) is 13.7. The van der Waals surface area contributed by atoms with Crippen molar-refractivity contribution in [1.29, 1.82) is 0 Å². The first kappa shape index (κ1) is 19.4. The van der Waals surface area contributed by atoms with Crippen molar-refractivity contribution in [1.82, 2.24) is 25.0 Å². The van der Waals surface area contributed by atoms with Crippen LogP contribution in [-0.4, -0.2) is 44.1 Å². The molecule has 1 aliphatic heterocycles. The monoisotopic (exact) mass is 387 g/mol. The third-order valence-corrected chi connectivity index (χ3v) is 6.83. The summed E-state index contributed by atoms with van der Waals surface area (Å²) in [6, 6.07) is 0.131. The van der Waals surface area contributed by atoms with Crippen molar-refractivity contribution in [3.05, 3.63) is 12.2 Å².